The quantitative estimate of drug-likeness (QED) is 0.554. The monoisotopic (exact) mass is 415 g/mol. The van der Waals surface area contributed by atoms with Gasteiger partial charge < -0.3 is 15.0 Å². The van der Waals surface area contributed by atoms with Gasteiger partial charge in [0.1, 0.15) is 5.54 Å². The van der Waals surface area contributed by atoms with Gasteiger partial charge in [0.25, 0.3) is 0 Å². The van der Waals surface area contributed by atoms with Gasteiger partial charge >= 0.3 is 12.0 Å². The Morgan fingerprint density at radius 3 is 2.73 bits per heavy atom. The number of nitrogens with one attached hydrogen (secondary N) is 1. The van der Waals surface area contributed by atoms with Crippen molar-refractivity contribution >= 4 is 12.0 Å². The number of carbonyl (C=O) groups is 2. The molecule has 1 N–H and O–H groups in total. The zero-order chi connectivity index (χ0) is 20.7. The summed E-state index contributed by atoms with van der Waals surface area (Å²) in [4.78, 5) is 31.0. The fraction of sp³-hybridized carbons (Fsp3) is 0.833. The van der Waals surface area contributed by atoms with Crippen molar-refractivity contribution in [2.45, 2.75) is 88.3 Å². The molecule has 2 bridgehead atoms. The molecular formula is C24H37N3O3. The molecule has 166 valence electrons. The third-order valence-corrected chi connectivity index (χ3v) is 8.55. The summed E-state index contributed by atoms with van der Waals surface area (Å²) in [5.41, 5.74) is 0.645. The van der Waals surface area contributed by atoms with E-state index in [9.17, 15) is 9.59 Å². The van der Waals surface area contributed by atoms with Crippen LogP contribution in [0.25, 0.3) is 0 Å². The number of likely N-dealkylation sites (tertiary alicyclic amines) is 1. The molecule has 2 amide bonds. The van der Waals surface area contributed by atoms with Crippen molar-refractivity contribution in [3.05, 3.63) is 11.6 Å². The maximum Gasteiger partial charge on any atom is 0.331 e. The Kier molecular flexibility index (Phi) is 5.55. The van der Waals surface area contributed by atoms with Crippen LogP contribution >= 0.6 is 0 Å². The summed E-state index contributed by atoms with van der Waals surface area (Å²) < 4.78 is 5.12. The molecule has 6 heteroatoms. The minimum Gasteiger partial charge on any atom is -0.467 e. The van der Waals surface area contributed by atoms with E-state index in [-0.39, 0.29) is 18.0 Å². The first-order valence-electron chi connectivity index (χ1n) is 12.2. The van der Waals surface area contributed by atoms with Gasteiger partial charge in [-0.1, -0.05) is 37.3 Å². The topological polar surface area (TPSA) is 61.9 Å². The Morgan fingerprint density at radius 1 is 1.10 bits per heavy atom. The van der Waals surface area contributed by atoms with Crippen molar-refractivity contribution < 1.29 is 14.3 Å². The number of ether oxygens (including phenoxy) is 1. The molecule has 0 spiro atoms. The Hall–Kier alpha value is -1.56. The second-order valence-corrected chi connectivity index (χ2v) is 10.3. The minimum atomic E-state index is -0.840. The van der Waals surface area contributed by atoms with Gasteiger partial charge in [0.2, 0.25) is 0 Å². The summed E-state index contributed by atoms with van der Waals surface area (Å²) in [6.45, 7) is 3.12. The van der Waals surface area contributed by atoms with Crippen LogP contribution in [0.3, 0.4) is 0 Å². The maximum atomic E-state index is 13.6. The molecule has 4 fully saturated rings. The highest BCUT2D eigenvalue weighted by atomic mass is 16.5. The Labute approximate surface area is 180 Å². The van der Waals surface area contributed by atoms with E-state index in [0.717, 1.165) is 51.2 Å². The second-order valence-electron chi connectivity index (χ2n) is 10.3. The summed E-state index contributed by atoms with van der Waals surface area (Å²) in [6.07, 6.45) is 14.3. The average molecular weight is 416 g/mol. The molecule has 6 nitrogen and oxygen atoms in total. The number of fused-ring (bicyclic) bond motifs is 6. The smallest absolute Gasteiger partial charge is 0.331 e. The molecule has 0 radical (unpaired) electrons. The Balaban J connectivity index is 1.37. The summed E-state index contributed by atoms with van der Waals surface area (Å²) in [6, 6.07) is 0.866. The molecule has 30 heavy (non-hydrogen) atoms. The van der Waals surface area contributed by atoms with E-state index in [2.05, 4.69) is 21.2 Å². The molecular weight excluding hydrogens is 378 g/mol. The first kappa shape index (κ1) is 20.3. The van der Waals surface area contributed by atoms with Crippen LogP contribution in [0.2, 0.25) is 0 Å². The molecule has 3 aliphatic heterocycles. The fourth-order valence-electron chi connectivity index (χ4n) is 7.21. The molecule has 1 saturated carbocycles. The number of rotatable bonds is 2. The molecule has 2 aliphatic carbocycles. The van der Waals surface area contributed by atoms with Crippen LogP contribution in [-0.2, 0) is 9.53 Å². The number of hydrogen-bond acceptors (Lipinski definition) is 4. The second kappa shape index (κ2) is 8.18. The van der Waals surface area contributed by atoms with E-state index >= 15 is 0 Å². The Bertz CT molecular complexity index is 714. The highest BCUT2D eigenvalue weighted by molar-refractivity contribution is 5.87. The van der Waals surface area contributed by atoms with Crippen molar-refractivity contribution in [2.75, 3.05) is 26.7 Å². The van der Waals surface area contributed by atoms with E-state index in [1.807, 2.05) is 0 Å². The lowest BCUT2D eigenvalue weighted by atomic mass is 9.68. The molecule has 5 aliphatic rings. The standard InChI is InChI=1S/C24H37N3O3/c1-30-22(28)24(10-4-2-5-11-24)25-23(29)27-13-7-8-17-14-18-15-19(21(17)27)16-26-12-6-3-9-20(18)26/h14,18-21H,2-13,15-16H2,1H3,(H,25,29)/t18-,19-,20-,21+/m0/s1. The summed E-state index contributed by atoms with van der Waals surface area (Å²) in [5, 5.41) is 3.19. The van der Waals surface area contributed by atoms with Crippen LogP contribution in [-0.4, -0.2) is 66.2 Å². The SMILES string of the molecule is COC(=O)C1(NC(=O)N2CCCC3=C[C@H]4C[C@@H](CN5CCCC[C@@H]45)[C@@H]32)CCCCC1. The molecule has 0 aromatic carbocycles. The van der Waals surface area contributed by atoms with Gasteiger partial charge in [-0.25, -0.2) is 9.59 Å². The van der Waals surface area contributed by atoms with Gasteiger partial charge in [0.05, 0.1) is 13.2 Å². The maximum absolute atomic E-state index is 13.6. The van der Waals surface area contributed by atoms with Crippen LogP contribution in [0.15, 0.2) is 11.6 Å². The van der Waals surface area contributed by atoms with E-state index in [1.165, 1.54) is 44.9 Å². The van der Waals surface area contributed by atoms with Crippen molar-refractivity contribution in [3.63, 3.8) is 0 Å². The normalized spacial score (nSPS) is 35.5. The average Bonchev–Trinajstić information content (AvgIpc) is 2.78. The third kappa shape index (κ3) is 3.45. The fourth-order valence-corrected chi connectivity index (χ4v) is 7.21. The van der Waals surface area contributed by atoms with Crippen LogP contribution < -0.4 is 5.32 Å². The number of piperidine rings is 3. The first-order chi connectivity index (χ1) is 14.6. The number of carbonyl (C=O) groups excluding carboxylic acids is 2. The molecule has 3 saturated heterocycles. The van der Waals surface area contributed by atoms with Gasteiger partial charge in [-0.3, -0.25) is 4.90 Å². The molecule has 0 unspecified atom stereocenters. The number of amides is 2. The van der Waals surface area contributed by atoms with Gasteiger partial charge in [-0.2, -0.15) is 0 Å². The molecule has 0 aromatic rings. The van der Waals surface area contributed by atoms with Crippen LogP contribution in [0.5, 0.6) is 0 Å². The lowest BCUT2D eigenvalue weighted by Gasteiger charge is -2.55. The van der Waals surface area contributed by atoms with Crippen molar-refractivity contribution in [1.82, 2.24) is 15.1 Å². The third-order valence-electron chi connectivity index (χ3n) is 8.55. The largest absolute Gasteiger partial charge is 0.467 e. The summed E-state index contributed by atoms with van der Waals surface area (Å²) in [7, 11) is 1.44. The predicted molar refractivity (Wildman–Crippen MR) is 115 cm³/mol. The molecule has 3 heterocycles. The van der Waals surface area contributed by atoms with Gasteiger partial charge in [-0.15, -0.1) is 0 Å². The summed E-state index contributed by atoms with van der Waals surface area (Å²) >= 11 is 0. The van der Waals surface area contributed by atoms with E-state index in [4.69, 9.17) is 4.74 Å². The van der Waals surface area contributed by atoms with E-state index in [1.54, 1.807) is 0 Å². The van der Waals surface area contributed by atoms with Crippen molar-refractivity contribution in [2.24, 2.45) is 11.8 Å². The summed E-state index contributed by atoms with van der Waals surface area (Å²) in [5.74, 6) is 0.912. The number of nitrogens with zero attached hydrogens (tertiary/aromatic N) is 2. The number of hydrogen-bond donors (Lipinski definition) is 1. The molecule has 5 rings (SSSR count). The number of urea groups is 1. The van der Waals surface area contributed by atoms with Crippen LogP contribution in [0.4, 0.5) is 4.79 Å². The zero-order valence-electron chi connectivity index (χ0n) is 18.4. The lowest BCUT2D eigenvalue weighted by molar-refractivity contribution is -0.149. The highest BCUT2D eigenvalue weighted by Gasteiger charge is 2.49. The van der Waals surface area contributed by atoms with E-state index < -0.39 is 5.54 Å². The predicted octanol–water partition coefficient (Wildman–Crippen LogP) is 3.47. The van der Waals surface area contributed by atoms with Gasteiger partial charge in [0, 0.05) is 19.1 Å². The highest BCUT2D eigenvalue weighted by Crippen LogP contribution is 2.45. The number of esters is 1. The van der Waals surface area contributed by atoms with Crippen LogP contribution in [0.1, 0.15) is 70.6 Å². The van der Waals surface area contributed by atoms with Gasteiger partial charge in [-0.05, 0) is 63.3 Å². The Morgan fingerprint density at radius 2 is 1.93 bits per heavy atom. The molecule has 0 aromatic heterocycles. The van der Waals surface area contributed by atoms with Crippen molar-refractivity contribution in [3.8, 4) is 0 Å². The van der Waals surface area contributed by atoms with Gasteiger partial charge in [0.15, 0.2) is 0 Å². The molecule has 4 atom stereocenters. The zero-order valence-corrected chi connectivity index (χ0v) is 18.4. The minimum absolute atomic E-state index is 0.0582. The number of methoxy groups -OCH3 is 1. The first-order valence-corrected chi connectivity index (χ1v) is 12.2. The van der Waals surface area contributed by atoms with E-state index in [0.29, 0.717) is 24.7 Å². The van der Waals surface area contributed by atoms with Crippen LogP contribution in [0, 0.1) is 11.8 Å². The lowest BCUT2D eigenvalue weighted by Crippen LogP contribution is -2.64. The van der Waals surface area contributed by atoms with Crippen molar-refractivity contribution in [1.29, 1.82) is 0 Å².